The van der Waals surface area contributed by atoms with Crippen molar-refractivity contribution >= 4 is 31.1 Å². The minimum Gasteiger partial charge on any atom is -0.465 e. The topological polar surface area (TPSA) is 130 Å². The average Bonchev–Trinajstić information content (AvgIpc) is 2.85. The predicted molar refractivity (Wildman–Crippen MR) is 139 cm³/mol. The highest BCUT2D eigenvalue weighted by molar-refractivity contribution is 7.38. The third kappa shape index (κ3) is 7.00. The standard InChI is InChI=1S/C25H35N2O9P/c1-16(2)33-11-13-35-25(20-9-8-10-21(15-20)27(29)30)22(24(28)32-7)18(5)26(19(6)23(25)37-31)36-14-12-34-17(3)4/h8-10,15-17H,11-14H2,1-7H3/p+1. The number of hydroxylamine groups is 1. The second-order valence-electron chi connectivity index (χ2n) is 8.79. The van der Waals surface area contributed by atoms with E-state index in [1.807, 2.05) is 27.7 Å². The van der Waals surface area contributed by atoms with E-state index < -0.39 is 16.5 Å². The molecule has 0 saturated heterocycles. The molecule has 1 heterocycles. The number of ether oxygens (including phenoxy) is 4. The van der Waals surface area contributed by atoms with Crippen LogP contribution < -0.4 is 0 Å². The van der Waals surface area contributed by atoms with E-state index >= 15 is 0 Å². The van der Waals surface area contributed by atoms with Crippen LogP contribution in [0.15, 0.2) is 35.5 Å². The number of hydrogen-bond acceptors (Lipinski definition) is 9. The van der Waals surface area contributed by atoms with Crippen LogP contribution in [-0.2, 0) is 34.2 Å². The third-order valence-electron chi connectivity index (χ3n) is 5.56. The lowest BCUT2D eigenvalue weighted by atomic mass is 9.78. The van der Waals surface area contributed by atoms with Crippen molar-refractivity contribution in [3.63, 3.8) is 0 Å². The van der Waals surface area contributed by atoms with Gasteiger partial charge in [0.2, 0.25) is 11.4 Å². The molecule has 0 saturated carbocycles. The van der Waals surface area contributed by atoms with Gasteiger partial charge in [-0.15, -0.1) is 0 Å². The fourth-order valence-electron chi connectivity index (χ4n) is 4.04. The van der Waals surface area contributed by atoms with Gasteiger partial charge in [0.1, 0.15) is 10.9 Å². The van der Waals surface area contributed by atoms with E-state index in [2.05, 4.69) is 0 Å². The van der Waals surface area contributed by atoms with E-state index in [1.54, 1.807) is 19.9 Å². The first-order chi connectivity index (χ1) is 17.5. The van der Waals surface area contributed by atoms with Gasteiger partial charge in [-0.05, 0) is 27.7 Å². The summed E-state index contributed by atoms with van der Waals surface area (Å²) in [5.41, 5.74) is -0.806. The molecule has 12 heteroatoms. The molecule has 0 aliphatic carbocycles. The Balaban J connectivity index is 2.76. The predicted octanol–water partition coefficient (Wildman–Crippen LogP) is 3.55. The minimum absolute atomic E-state index is 0.0124. The second kappa shape index (κ2) is 13.7. The van der Waals surface area contributed by atoms with Crippen LogP contribution in [-0.4, -0.2) is 77.3 Å². The molecule has 0 amide bonds. The van der Waals surface area contributed by atoms with Crippen LogP contribution in [0, 0.1) is 10.1 Å². The molecule has 1 atom stereocenters. The fraction of sp³-hybridized carbons (Fsp3) is 0.560. The Hall–Kier alpha value is -2.69. The summed E-state index contributed by atoms with van der Waals surface area (Å²) in [6.45, 7) is 11.6. The van der Waals surface area contributed by atoms with Gasteiger partial charge in [0.25, 0.3) is 5.69 Å². The summed E-state index contributed by atoms with van der Waals surface area (Å²) in [6, 6.07) is 5.77. The molecule has 1 aromatic rings. The molecule has 204 valence electrons. The van der Waals surface area contributed by atoms with E-state index in [0.29, 0.717) is 18.0 Å². The van der Waals surface area contributed by atoms with Gasteiger partial charge >= 0.3 is 5.97 Å². The SMILES string of the molecule is COC(=O)C1=C(C)[N+](OCCOC(C)C)=C(C)C(=PO)C1(OCCOC(C)C)c1cccc([N+](=O)[O-])c1. The summed E-state index contributed by atoms with van der Waals surface area (Å²) in [4.78, 5) is 40.9. The Labute approximate surface area is 218 Å². The minimum atomic E-state index is -1.71. The van der Waals surface area contributed by atoms with Crippen molar-refractivity contribution in [1.29, 1.82) is 0 Å². The van der Waals surface area contributed by atoms with Gasteiger partial charge in [0, 0.05) is 36.3 Å². The quantitative estimate of drug-likeness (QED) is 0.0999. The Morgan fingerprint density at radius 3 is 2.27 bits per heavy atom. The molecule has 1 aromatic carbocycles. The van der Waals surface area contributed by atoms with Crippen LogP contribution in [0.5, 0.6) is 0 Å². The first-order valence-corrected chi connectivity index (χ1v) is 12.8. The first-order valence-electron chi connectivity index (χ1n) is 11.9. The zero-order valence-electron chi connectivity index (χ0n) is 22.3. The van der Waals surface area contributed by atoms with Crippen LogP contribution in [0.3, 0.4) is 0 Å². The lowest BCUT2D eigenvalue weighted by Gasteiger charge is -2.37. The van der Waals surface area contributed by atoms with Crippen LogP contribution in [0.2, 0.25) is 0 Å². The molecule has 0 spiro atoms. The molecule has 1 N–H and O–H groups in total. The number of rotatable bonds is 13. The number of nitro groups is 1. The number of allylic oxidation sites excluding steroid dienone is 1. The van der Waals surface area contributed by atoms with Crippen molar-refractivity contribution in [1.82, 2.24) is 0 Å². The number of nitro benzene ring substituents is 1. The van der Waals surface area contributed by atoms with Crippen molar-refractivity contribution in [2.45, 2.75) is 59.4 Å². The Morgan fingerprint density at radius 1 is 1.11 bits per heavy atom. The van der Waals surface area contributed by atoms with E-state index in [9.17, 15) is 19.8 Å². The molecule has 37 heavy (non-hydrogen) atoms. The fourth-order valence-corrected chi connectivity index (χ4v) is 4.72. The van der Waals surface area contributed by atoms with Gasteiger partial charge in [-0.3, -0.25) is 15.0 Å². The molecule has 1 unspecified atom stereocenters. The zero-order chi connectivity index (χ0) is 27.8. The summed E-state index contributed by atoms with van der Waals surface area (Å²) >= 11 is 0. The van der Waals surface area contributed by atoms with E-state index in [0.717, 1.165) is 0 Å². The summed E-state index contributed by atoms with van der Waals surface area (Å²) < 4.78 is 24.1. The molecule has 0 aromatic heterocycles. The van der Waals surface area contributed by atoms with Gasteiger partial charge in [-0.25, -0.2) is 4.79 Å². The molecule has 11 nitrogen and oxygen atoms in total. The van der Waals surface area contributed by atoms with Crippen LogP contribution in [0.25, 0.3) is 0 Å². The molecular weight excluding hydrogens is 503 g/mol. The molecule has 0 fully saturated rings. The maximum Gasteiger partial charge on any atom is 0.344 e. The van der Waals surface area contributed by atoms with Crippen LogP contribution >= 0.6 is 8.43 Å². The van der Waals surface area contributed by atoms with Gasteiger partial charge in [-0.2, -0.15) is 0 Å². The van der Waals surface area contributed by atoms with E-state index in [-0.39, 0.29) is 62.6 Å². The number of carbonyl (C=O) groups is 1. The number of carbonyl (C=O) groups excluding carboxylic acids is 1. The Kier molecular flexibility index (Phi) is 11.3. The lowest BCUT2D eigenvalue weighted by Crippen LogP contribution is -2.52. The average molecular weight is 540 g/mol. The van der Waals surface area contributed by atoms with Crippen molar-refractivity contribution in [3.05, 3.63) is 51.2 Å². The lowest BCUT2D eigenvalue weighted by molar-refractivity contribution is -0.754. The zero-order valence-corrected chi connectivity index (χ0v) is 23.2. The number of nitrogens with zero attached hydrogens (tertiary/aromatic N) is 2. The molecule has 0 radical (unpaired) electrons. The third-order valence-corrected chi connectivity index (χ3v) is 6.40. The van der Waals surface area contributed by atoms with Crippen molar-refractivity contribution in [2.24, 2.45) is 0 Å². The van der Waals surface area contributed by atoms with Crippen molar-refractivity contribution in [3.8, 4) is 0 Å². The monoisotopic (exact) mass is 539 g/mol. The van der Waals surface area contributed by atoms with E-state index in [4.69, 9.17) is 23.8 Å². The highest BCUT2D eigenvalue weighted by Gasteiger charge is 2.56. The maximum absolute atomic E-state index is 13.3. The van der Waals surface area contributed by atoms with Gasteiger partial charge in [-0.1, -0.05) is 12.1 Å². The van der Waals surface area contributed by atoms with Crippen LogP contribution in [0.1, 0.15) is 47.1 Å². The van der Waals surface area contributed by atoms with E-state index in [1.165, 1.54) is 30.0 Å². The summed E-state index contributed by atoms with van der Waals surface area (Å²) in [5.74, 6) is -0.741. The summed E-state index contributed by atoms with van der Waals surface area (Å²) in [6.07, 6.45) is -0.0518. The number of benzene rings is 1. The van der Waals surface area contributed by atoms with Crippen LogP contribution in [0.4, 0.5) is 5.69 Å². The maximum atomic E-state index is 13.3. The molecular formula is C25H36N2O9P+. The normalized spacial score (nSPS) is 19.2. The molecule has 1 aliphatic heterocycles. The smallest absolute Gasteiger partial charge is 0.344 e. The Morgan fingerprint density at radius 2 is 1.73 bits per heavy atom. The van der Waals surface area contributed by atoms with Crippen molar-refractivity contribution < 1.29 is 43.1 Å². The Bertz CT molecular complexity index is 1080. The highest BCUT2D eigenvalue weighted by Crippen LogP contribution is 2.43. The van der Waals surface area contributed by atoms with Gasteiger partial charge < -0.3 is 23.8 Å². The van der Waals surface area contributed by atoms with Gasteiger partial charge in [0.15, 0.2) is 12.2 Å². The van der Waals surface area contributed by atoms with Gasteiger partial charge in [0.05, 0.1) is 52.5 Å². The highest BCUT2D eigenvalue weighted by atomic mass is 31.1. The number of hydrogen-bond donors (Lipinski definition) is 1. The largest absolute Gasteiger partial charge is 0.465 e. The number of esters is 1. The second-order valence-corrected chi connectivity index (χ2v) is 9.44. The number of non-ortho nitro benzene ring substituents is 1. The van der Waals surface area contributed by atoms with Crippen molar-refractivity contribution in [2.75, 3.05) is 33.5 Å². The summed E-state index contributed by atoms with van der Waals surface area (Å²) in [7, 11) is 0.995. The first kappa shape index (κ1) is 30.5. The molecule has 2 rings (SSSR count). The number of methoxy groups -OCH3 is 1. The molecule has 1 aliphatic rings. The molecule has 0 bridgehead atoms. The summed E-state index contributed by atoms with van der Waals surface area (Å²) in [5, 5.41) is 11.9.